The number of nitrogens with one attached hydrogen (secondary N) is 2. The normalized spacial score (nSPS) is 15.5. The van der Waals surface area contributed by atoms with Gasteiger partial charge in [-0.25, -0.2) is 4.79 Å². The van der Waals surface area contributed by atoms with Gasteiger partial charge in [0.15, 0.2) is 0 Å². The van der Waals surface area contributed by atoms with E-state index in [0.717, 1.165) is 37.0 Å². The van der Waals surface area contributed by atoms with Crippen molar-refractivity contribution >= 4 is 33.3 Å². The van der Waals surface area contributed by atoms with Gasteiger partial charge in [0.2, 0.25) is 5.91 Å². The third-order valence-corrected chi connectivity index (χ3v) is 6.07. The van der Waals surface area contributed by atoms with Crippen LogP contribution in [0, 0.1) is 11.3 Å². The summed E-state index contributed by atoms with van der Waals surface area (Å²) in [5.41, 5.74) is 2.28. The third-order valence-electron chi connectivity index (χ3n) is 5.24. The van der Waals surface area contributed by atoms with Crippen LogP contribution in [0.1, 0.15) is 30.9 Å². The van der Waals surface area contributed by atoms with Crippen molar-refractivity contribution in [3.63, 3.8) is 0 Å². The standard InChI is InChI=1S/C20H21N5O2S/c21-13-14-8-12-28-19(14)23-18(26)7-11-24-9-5-15(6-10-24)25-17-4-2-1-3-16(17)22-20(25)27/h1-4,8,12,15H,5-7,9-11H2,(H,22,27)(H,23,26). The highest BCUT2D eigenvalue weighted by atomic mass is 32.1. The van der Waals surface area contributed by atoms with Crippen molar-refractivity contribution in [2.24, 2.45) is 0 Å². The summed E-state index contributed by atoms with van der Waals surface area (Å²) in [6, 6.07) is 11.7. The number of thiophene rings is 1. The molecule has 0 aliphatic carbocycles. The molecule has 144 valence electrons. The lowest BCUT2D eigenvalue weighted by Gasteiger charge is -2.32. The van der Waals surface area contributed by atoms with E-state index >= 15 is 0 Å². The molecule has 3 heterocycles. The van der Waals surface area contributed by atoms with Gasteiger partial charge in [-0.2, -0.15) is 5.26 Å². The fourth-order valence-electron chi connectivity index (χ4n) is 3.78. The molecule has 2 N–H and O–H groups in total. The van der Waals surface area contributed by atoms with Gasteiger partial charge in [0.05, 0.1) is 16.6 Å². The lowest BCUT2D eigenvalue weighted by Crippen LogP contribution is -2.38. The zero-order valence-electron chi connectivity index (χ0n) is 15.4. The number of piperidine rings is 1. The van der Waals surface area contributed by atoms with Crippen LogP contribution in [0.25, 0.3) is 11.0 Å². The second kappa shape index (κ2) is 8.00. The molecule has 1 amide bonds. The van der Waals surface area contributed by atoms with Crippen molar-refractivity contribution in [3.05, 3.63) is 51.8 Å². The molecule has 1 saturated heterocycles. The van der Waals surface area contributed by atoms with Crippen molar-refractivity contribution in [3.8, 4) is 6.07 Å². The van der Waals surface area contributed by atoms with Crippen molar-refractivity contribution in [1.29, 1.82) is 5.26 Å². The highest BCUT2D eigenvalue weighted by molar-refractivity contribution is 7.14. The lowest BCUT2D eigenvalue weighted by molar-refractivity contribution is -0.116. The monoisotopic (exact) mass is 395 g/mol. The second-order valence-corrected chi connectivity index (χ2v) is 7.88. The molecule has 1 aliphatic heterocycles. The number of amides is 1. The summed E-state index contributed by atoms with van der Waals surface area (Å²) in [6.07, 6.45) is 2.15. The van der Waals surface area contributed by atoms with Crippen LogP contribution in [0.2, 0.25) is 0 Å². The summed E-state index contributed by atoms with van der Waals surface area (Å²) in [7, 11) is 0. The number of nitrogens with zero attached hydrogens (tertiary/aromatic N) is 3. The van der Waals surface area contributed by atoms with Crippen molar-refractivity contribution in [1.82, 2.24) is 14.5 Å². The van der Waals surface area contributed by atoms with Gasteiger partial charge >= 0.3 is 5.69 Å². The van der Waals surface area contributed by atoms with Gasteiger partial charge < -0.3 is 15.2 Å². The molecule has 0 saturated carbocycles. The maximum atomic E-state index is 12.4. The van der Waals surface area contributed by atoms with E-state index in [1.165, 1.54) is 11.3 Å². The van der Waals surface area contributed by atoms with E-state index in [2.05, 4.69) is 21.3 Å². The Labute approximate surface area is 166 Å². The Morgan fingerprint density at radius 3 is 2.86 bits per heavy atom. The smallest absolute Gasteiger partial charge is 0.317 e. The van der Waals surface area contributed by atoms with E-state index in [9.17, 15) is 9.59 Å². The largest absolute Gasteiger partial charge is 0.326 e. The quantitative estimate of drug-likeness (QED) is 0.694. The number of fused-ring (bicyclic) bond motifs is 1. The minimum atomic E-state index is -0.0751. The van der Waals surface area contributed by atoms with Crippen LogP contribution in [-0.2, 0) is 4.79 Å². The lowest BCUT2D eigenvalue weighted by atomic mass is 10.0. The molecule has 4 rings (SSSR count). The number of hydrogen-bond donors (Lipinski definition) is 2. The molecule has 0 atom stereocenters. The van der Waals surface area contributed by atoms with Gasteiger partial charge in [-0.1, -0.05) is 12.1 Å². The molecule has 3 aromatic rings. The van der Waals surface area contributed by atoms with Crippen molar-refractivity contribution in [2.45, 2.75) is 25.3 Å². The molecule has 0 bridgehead atoms. The molecule has 0 spiro atoms. The third kappa shape index (κ3) is 3.72. The van der Waals surface area contributed by atoms with E-state index in [4.69, 9.17) is 5.26 Å². The Morgan fingerprint density at radius 2 is 2.07 bits per heavy atom. The van der Waals surface area contributed by atoms with E-state index in [1.54, 1.807) is 11.4 Å². The van der Waals surface area contributed by atoms with Crippen molar-refractivity contribution < 1.29 is 4.79 Å². The van der Waals surface area contributed by atoms with Crippen LogP contribution >= 0.6 is 11.3 Å². The number of aromatic amines is 1. The molecule has 0 radical (unpaired) electrons. The number of likely N-dealkylation sites (tertiary alicyclic amines) is 1. The molecular weight excluding hydrogens is 374 g/mol. The summed E-state index contributed by atoms with van der Waals surface area (Å²) < 4.78 is 1.87. The first-order valence-corrected chi connectivity index (χ1v) is 10.2. The summed E-state index contributed by atoms with van der Waals surface area (Å²) in [6.45, 7) is 2.38. The number of anilines is 1. The maximum Gasteiger partial charge on any atom is 0.326 e. The van der Waals surface area contributed by atoms with Gasteiger partial charge in [-0.15, -0.1) is 11.3 Å². The molecular formula is C20H21N5O2S. The van der Waals surface area contributed by atoms with E-state index < -0.39 is 0 Å². The minimum Gasteiger partial charge on any atom is -0.317 e. The summed E-state index contributed by atoms with van der Waals surface area (Å²) in [5, 5.41) is 14.2. The van der Waals surface area contributed by atoms with Gasteiger partial charge in [-0.05, 0) is 36.4 Å². The zero-order chi connectivity index (χ0) is 19.5. The first-order valence-electron chi connectivity index (χ1n) is 9.35. The Bertz CT molecular complexity index is 1080. The molecule has 7 nitrogen and oxygen atoms in total. The second-order valence-electron chi connectivity index (χ2n) is 6.96. The number of imidazole rings is 1. The first-order chi connectivity index (χ1) is 13.7. The number of carbonyl (C=O) groups is 1. The minimum absolute atomic E-state index is 0.0525. The van der Waals surface area contributed by atoms with Crippen LogP contribution in [-0.4, -0.2) is 40.0 Å². The fourth-order valence-corrected chi connectivity index (χ4v) is 4.53. The average molecular weight is 395 g/mol. The number of para-hydroxylation sites is 2. The van der Waals surface area contributed by atoms with Crippen LogP contribution in [0.5, 0.6) is 0 Å². The molecule has 1 fully saturated rings. The first kappa shape index (κ1) is 18.5. The maximum absolute atomic E-state index is 12.4. The Morgan fingerprint density at radius 1 is 1.29 bits per heavy atom. The highest BCUT2D eigenvalue weighted by Crippen LogP contribution is 2.25. The summed E-state index contributed by atoms with van der Waals surface area (Å²) in [5.74, 6) is -0.0751. The zero-order valence-corrected chi connectivity index (χ0v) is 16.2. The Kier molecular flexibility index (Phi) is 5.28. The van der Waals surface area contributed by atoms with E-state index in [1.807, 2.05) is 28.8 Å². The van der Waals surface area contributed by atoms with Crippen LogP contribution in [0.15, 0.2) is 40.5 Å². The fraction of sp³-hybridized carbons (Fsp3) is 0.350. The van der Waals surface area contributed by atoms with Crippen LogP contribution < -0.4 is 11.0 Å². The SMILES string of the molecule is N#Cc1ccsc1NC(=O)CCN1CCC(n2c(=O)[nH]c3ccccc32)CC1. The van der Waals surface area contributed by atoms with Gasteiger partial charge in [0, 0.05) is 32.1 Å². The number of carbonyl (C=O) groups excluding carboxylic acids is 1. The van der Waals surface area contributed by atoms with Gasteiger partial charge in [0.1, 0.15) is 11.1 Å². The molecule has 1 aliphatic rings. The molecule has 2 aromatic heterocycles. The summed E-state index contributed by atoms with van der Waals surface area (Å²) in [4.78, 5) is 29.7. The van der Waals surface area contributed by atoms with Crippen molar-refractivity contribution in [2.75, 3.05) is 25.0 Å². The van der Waals surface area contributed by atoms with E-state index in [-0.39, 0.29) is 17.6 Å². The molecule has 1 aromatic carbocycles. The number of rotatable bonds is 5. The molecule has 0 unspecified atom stereocenters. The predicted molar refractivity (Wildman–Crippen MR) is 110 cm³/mol. The van der Waals surface area contributed by atoms with Gasteiger partial charge in [0.25, 0.3) is 0 Å². The number of aromatic nitrogens is 2. The van der Waals surface area contributed by atoms with Gasteiger partial charge in [-0.3, -0.25) is 9.36 Å². The molecule has 28 heavy (non-hydrogen) atoms. The average Bonchev–Trinajstić information content (AvgIpc) is 3.29. The summed E-state index contributed by atoms with van der Waals surface area (Å²) >= 11 is 1.36. The van der Waals surface area contributed by atoms with Crippen LogP contribution in [0.4, 0.5) is 5.00 Å². The predicted octanol–water partition coefficient (Wildman–Crippen LogP) is 2.93. The Hall–Kier alpha value is -2.89. The van der Waals surface area contributed by atoms with Crippen LogP contribution in [0.3, 0.4) is 0 Å². The Balaban J connectivity index is 1.31. The number of hydrogen-bond acceptors (Lipinski definition) is 5. The number of benzene rings is 1. The molecule has 8 heteroatoms. The topological polar surface area (TPSA) is 93.9 Å². The number of nitriles is 1. The van der Waals surface area contributed by atoms with E-state index in [0.29, 0.717) is 23.5 Å². The number of H-pyrrole nitrogens is 1. The highest BCUT2D eigenvalue weighted by Gasteiger charge is 2.23.